The maximum Gasteiger partial charge on any atom is 0.407 e. The number of ether oxygens (including phenoxy) is 2. The van der Waals surface area contributed by atoms with Crippen LogP contribution in [0.2, 0.25) is 0 Å². The summed E-state index contributed by atoms with van der Waals surface area (Å²) in [6.07, 6.45) is -0.103. The van der Waals surface area contributed by atoms with E-state index >= 15 is 0 Å². The number of morpholine rings is 1. The summed E-state index contributed by atoms with van der Waals surface area (Å²) >= 11 is 0. The highest BCUT2D eigenvalue weighted by molar-refractivity contribution is 5.80. The van der Waals surface area contributed by atoms with Crippen molar-refractivity contribution in [2.45, 2.75) is 44.2 Å². The molecule has 1 saturated heterocycles. The molecule has 2 N–H and O–H groups in total. The van der Waals surface area contributed by atoms with Crippen molar-refractivity contribution in [1.82, 2.24) is 10.2 Å². The van der Waals surface area contributed by atoms with E-state index in [1.807, 2.05) is 31.2 Å². The van der Waals surface area contributed by atoms with E-state index in [-0.39, 0.29) is 37.9 Å². The van der Waals surface area contributed by atoms with Gasteiger partial charge < -0.3 is 24.8 Å². The SMILES string of the molecule is CCC(CC(=O)N1CCOCC1CC(=O)O)NC(=O)OCC1c2ccccc2-c2ccccc21. The predicted octanol–water partition coefficient (Wildman–Crippen LogP) is 3.40. The van der Waals surface area contributed by atoms with E-state index in [9.17, 15) is 14.4 Å². The van der Waals surface area contributed by atoms with Crippen LogP contribution in [0.4, 0.5) is 4.79 Å². The van der Waals surface area contributed by atoms with Crippen LogP contribution >= 0.6 is 0 Å². The van der Waals surface area contributed by atoms with Gasteiger partial charge >= 0.3 is 12.1 Å². The molecular weight excluding hydrogens is 436 g/mol. The number of carboxylic acid groups (broad SMARTS) is 1. The third kappa shape index (κ3) is 5.22. The molecule has 2 amide bonds. The minimum atomic E-state index is -0.975. The second-order valence-electron chi connectivity index (χ2n) is 8.69. The molecule has 1 heterocycles. The van der Waals surface area contributed by atoms with Crippen molar-refractivity contribution in [3.63, 3.8) is 0 Å². The summed E-state index contributed by atoms with van der Waals surface area (Å²) in [4.78, 5) is 38.2. The van der Waals surface area contributed by atoms with E-state index < -0.39 is 24.1 Å². The van der Waals surface area contributed by atoms with Crippen molar-refractivity contribution in [2.75, 3.05) is 26.4 Å². The van der Waals surface area contributed by atoms with Crippen LogP contribution in [0.1, 0.15) is 43.2 Å². The summed E-state index contributed by atoms with van der Waals surface area (Å²) in [6, 6.07) is 15.4. The van der Waals surface area contributed by atoms with Crippen molar-refractivity contribution in [1.29, 1.82) is 0 Å². The molecule has 2 unspecified atom stereocenters. The minimum absolute atomic E-state index is 0.0371. The number of carbonyl (C=O) groups is 3. The minimum Gasteiger partial charge on any atom is -0.481 e. The van der Waals surface area contributed by atoms with Crippen LogP contribution in [0.5, 0.6) is 0 Å². The second-order valence-corrected chi connectivity index (χ2v) is 8.69. The molecule has 8 nitrogen and oxygen atoms in total. The molecule has 0 saturated carbocycles. The highest BCUT2D eigenvalue weighted by Crippen LogP contribution is 2.44. The van der Waals surface area contributed by atoms with E-state index in [2.05, 4.69) is 29.6 Å². The number of hydrogen-bond acceptors (Lipinski definition) is 5. The average Bonchev–Trinajstić information content (AvgIpc) is 3.16. The lowest BCUT2D eigenvalue weighted by molar-refractivity contribution is -0.146. The van der Waals surface area contributed by atoms with Gasteiger partial charge in [0.15, 0.2) is 0 Å². The summed E-state index contributed by atoms with van der Waals surface area (Å²) in [7, 11) is 0. The first-order valence-electron chi connectivity index (χ1n) is 11.7. The highest BCUT2D eigenvalue weighted by Gasteiger charge is 2.31. The van der Waals surface area contributed by atoms with Gasteiger partial charge in [-0.25, -0.2) is 4.79 Å². The fourth-order valence-corrected chi connectivity index (χ4v) is 4.79. The van der Waals surface area contributed by atoms with Gasteiger partial charge in [-0.2, -0.15) is 0 Å². The highest BCUT2D eigenvalue weighted by atomic mass is 16.5. The van der Waals surface area contributed by atoms with Gasteiger partial charge in [0, 0.05) is 24.9 Å². The molecule has 180 valence electrons. The maximum atomic E-state index is 12.9. The Morgan fingerprint density at radius 2 is 1.76 bits per heavy atom. The summed E-state index contributed by atoms with van der Waals surface area (Å²) in [5.41, 5.74) is 4.59. The van der Waals surface area contributed by atoms with Crippen molar-refractivity contribution in [3.05, 3.63) is 59.7 Å². The van der Waals surface area contributed by atoms with Crippen molar-refractivity contribution >= 4 is 18.0 Å². The van der Waals surface area contributed by atoms with Gasteiger partial charge in [0.05, 0.1) is 25.7 Å². The van der Waals surface area contributed by atoms with E-state index in [4.69, 9.17) is 14.6 Å². The lowest BCUT2D eigenvalue weighted by Crippen LogP contribution is -2.51. The molecule has 2 aliphatic rings. The Morgan fingerprint density at radius 3 is 2.38 bits per heavy atom. The number of nitrogens with one attached hydrogen (secondary N) is 1. The topological polar surface area (TPSA) is 105 Å². The molecule has 1 aliphatic heterocycles. The molecule has 0 aromatic heterocycles. The quantitative estimate of drug-likeness (QED) is 0.618. The summed E-state index contributed by atoms with van der Waals surface area (Å²) in [5.74, 6) is -1.21. The Morgan fingerprint density at radius 1 is 1.12 bits per heavy atom. The standard InChI is InChI=1S/C26H30N2O6/c1-2-17(13-24(29)28-11-12-33-15-18(28)14-25(30)31)27-26(32)34-16-23-21-9-5-3-7-19(21)20-8-4-6-10-22(20)23/h3-10,17-18,23H,2,11-16H2,1H3,(H,27,32)(H,30,31). The van der Waals surface area contributed by atoms with Crippen LogP contribution in [0.3, 0.4) is 0 Å². The van der Waals surface area contributed by atoms with Gasteiger partial charge in [-0.05, 0) is 28.7 Å². The summed E-state index contributed by atoms with van der Waals surface area (Å²) in [6.45, 7) is 3.01. The van der Waals surface area contributed by atoms with Crippen LogP contribution in [0.15, 0.2) is 48.5 Å². The number of fused-ring (bicyclic) bond motifs is 3. The van der Waals surface area contributed by atoms with Crippen molar-refractivity contribution in [3.8, 4) is 11.1 Å². The summed E-state index contributed by atoms with van der Waals surface area (Å²) in [5, 5.41) is 11.9. The molecule has 0 bridgehead atoms. The Bertz CT molecular complexity index is 1010. The number of nitrogens with zero attached hydrogens (tertiary/aromatic N) is 1. The van der Waals surface area contributed by atoms with Gasteiger partial charge in [0.25, 0.3) is 0 Å². The number of rotatable bonds is 8. The Labute approximate surface area is 198 Å². The monoisotopic (exact) mass is 466 g/mol. The number of alkyl carbamates (subject to hydrolysis) is 1. The zero-order chi connectivity index (χ0) is 24.1. The Kier molecular flexibility index (Phi) is 7.47. The van der Waals surface area contributed by atoms with Gasteiger partial charge in [-0.15, -0.1) is 0 Å². The molecule has 0 radical (unpaired) electrons. The molecule has 8 heteroatoms. The predicted molar refractivity (Wildman–Crippen MR) is 125 cm³/mol. The van der Waals surface area contributed by atoms with Gasteiger partial charge in [-0.3, -0.25) is 9.59 Å². The number of carbonyl (C=O) groups excluding carboxylic acids is 2. The third-order valence-corrected chi connectivity index (χ3v) is 6.54. The fraction of sp³-hybridized carbons (Fsp3) is 0.423. The number of benzene rings is 2. The molecule has 1 aliphatic carbocycles. The average molecular weight is 467 g/mol. The fourth-order valence-electron chi connectivity index (χ4n) is 4.79. The number of aliphatic carboxylic acids is 1. The second kappa shape index (κ2) is 10.7. The zero-order valence-corrected chi connectivity index (χ0v) is 19.2. The van der Waals surface area contributed by atoms with Crippen molar-refractivity contribution < 1.29 is 29.0 Å². The van der Waals surface area contributed by atoms with Crippen LogP contribution in [0.25, 0.3) is 11.1 Å². The maximum absolute atomic E-state index is 12.9. The van der Waals surface area contributed by atoms with Crippen LogP contribution in [-0.2, 0) is 19.1 Å². The zero-order valence-electron chi connectivity index (χ0n) is 19.2. The van der Waals surface area contributed by atoms with Crippen LogP contribution < -0.4 is 5.32 Å². The largest absolute Gasteiger partial charge is 0.481 e. The molecular formula is C26H30N2O6. The number of hydrogen-bond donors (Lipinski definition) is 2. The molecule has 34 heavy (non-hydrogen) atoms. The first-order chi connectivity index (χ1) is 16.5. The third-order valence-electron chi connectivity index (χ3n) is 6.54. The van der Waals surface area contributed by atoms with E-state index in [0.717, 1.165) is 22.3 Å². The first kappa shape index (κ1) is 23.8. The van der Waals surface area contributed by atoms with Crippen LogP contribution in [-0.4, -0.2) is 66.4 Å². The Hall–Kier alpha value is -3.39. The van der Waals surface area contributed by atoms with Crippen LogP contribution in [0, 0.1) is 0 Å². The molecule has 2 aromatic carbocycles. The van der Waals surface area contributed by atoms with E-state index in [0.29, 0.717) is 19.6 Å². The lowest BCUT2D eigenvalue weighted by Gasteiger charge is -2.35. The molecule has 4 rings (SSSR count). The van der Waals surface area contributed by atoms with E-state index in [1.165, 1.54) is 0 Å². The molecule has 2 atom stereocenters. The molecule has 1 fully saturated rings. The number of amides is 2. The first-order valence-corrected chi connectivity index (χ1v) is 11.7. The molecule has 0 spiro atoms. The number of carboxylic acids is 1. The smallest absolute Gasteiger partial charge is 0.407 e. The summed E-state index contributed by atoms with van der Waals surface area (Å²) < 4.78 is 10.9. The van der Waals surface area contributed by atoms with Gasteiger partial charge in [-0.1, -0.05) is 55.5 Å². The Balaban J connectivity index is 1.34. The van der Waals surface area contributed by atoms with Gasteiger partial charge in [0.2, 0.25) is 5.91 Å². The lowest BCUT2D eigenvalue weighted by atomic mass is 9.98. The molecule has 2 aromatic rings. The van der Waals surface area contributed by atoms with E-state index in [1.54, 1.807) is 4.90 Å². The normalized spacial score (nSPS) is 18.0. The van der Waals surface area contributed by atoms with Crippen molar-refractivity contribution in [2.24, 2.45) is 0 Å². The van der Waals surface area contributed by atoms with Gasteiger partial charge in [0.1, 0.15) is 6.61 Å².